The summed E-state index contributed by atoms with van der Waals surface area (Å²) < 4.78 is 42.9. The third kappa shape index (κ3) is 10.4. The standard InChI is InChI=1S/C30H42FN3O6S2/c1-5-6-11-28(36)34(15-14-32-30(38)24(19-41)16-20(2)3)18-23-13-12-22(17-26(23)31)25-9-7-8-10-27(25)42(39,40)33-29(37)21(4)35/h7-10,12-13,17,20-21,24,35,41H,5-6,11,14-16,18-19H2,1-4H3,(H,32,38)(H,33,37)/t21-,24+/m0/s1. The Bertz CT molecular complexity index is 1330. The van der Waals surface area contributed by atoms with Crippen LogP contribution in [0.5, 0.6) is 0 Å². The van der Waals surface area contributed by atoms with Crippen LogP contribution in [0.4, 0.5) is 4.39 Å². The molecule has 232 valence electrons. The average Bonchev–Trinajstić information content (AvgIpc) is 2.94. The van der Waals surface area contributed by atoms with Crippen molar-refractivity contribution in [1.29, 1.82) is 0 Å². The predicted octanol–water partition coefficient (Wildman–Crippen LogP) is 3.91. The first-order chi connectivity index (χ1) is 19.8. The van der Waals surface area contributed by atoms with Crippen molar-refractivity contribution in [2.45, 2.75) is 70.9 Å². The van der Waals surface area contributed by atoms with Crippen molar-refractivity contribution < 1.29 is 32.3 Å². The molecule has 0 saturated carbocycles. The Labute approximate surface area is 253 Å². The third-order valence-corrected chi connectivity index (χ3v) is 8.49. The molecule has 12 heteroatoms. The minimum atomic E-state index is -4.35. The van der Waals surface area contributed by atoms with Gasteiger partial charge >= 0.3 is 0 Å². The molecule has 0 spiro atoms. The smallest absolute Gasteiger partial charge is 0.264 e. The first kappa shape index (κ1) is 35.2. The van der Waals surface area contributed by atoms with E-state index in [0.717, 1.165) is 13.3 Å². The number of hydrogen-bond acceptors (Lipinski definition) is 7. The van der Waals surface area contributed by atoms with Crippen LogP contribution in [0.1, 0.15) is 58.9 Å². The van der Waals surface area contributed by atoms with Gasteiger partial charge in [0, 0.05) is 48.9 Å². The quantitative estimate of drug-likeness (QED) is 0.210. The lowest BCUT2D eigenvalue weighted by molar-refractivity contribution is -0.132. The first-order valence-corrected chi connectivity index (χ1v) is 16.2. The van der Waals surface area contributed by atoms with Crippen molar-refractivity contribution in [2.75, 3.05) is 18.8 Å². The van der Waals surface area contributed by atoms with Crippen LogP contribution in [0.25, 0.3) is 11.1 Å². The SMILES string of the molecule is CCCCC(=O)N(CCNC(=O)[C@@H](CS)CC(C)C)Cc1ccc(-c2ccccc2S(=O)(=O)NC(=O)[C@H](C)O)cc1F. The van der Waals surface area contributed by atoms with E-state index in [2.05, 4.69) is 17.9 Å². The normalized spacial score (nSPS) is 13.0. The summed E-state index contributed by atoms with van der Waals surface area (Å²) in [5.41, 5.74) is 0.638. The van der Waals surface area contributed by atoms with Crippen LogP contribution < -0.4 is 10.0 Å². The maximum atomic E-state index is 15.4. The fourth-order valence-corrected chi connectivity index (χ4v) is 5.92. The Kier molecular flexibility index (Phi) is 13.9. The van der Waals surface area contributed by atoms with Gasteiger partial charge in [0.15, 0.2) is 0 Å². The van der Waals surface area contributed by atoms with Gasteiger partial charge in [-0.15, -0.1) is 0 Å². The second-order valence-electron chi connectivity index (χ2n) is 10.7. The summed E-state index contributed by atoms with van der Waals surface area (Å²) in [5.74, 6) is -1.51. The molecule has 0 aromatic heterocycles. The fraction of sp³-hybridized carbons (Fsp3) is 0.500. The Hall–Kier alpha value is -2.96. The monoisotopic (exact) mass is 623 g/mol. The number of sulfonamides is 1. The molecule has 2 aromatic carbocycles. The molecule has 2 aromatic rings. The zero-order chi connectivity index (χ0) is 31.4. The van der Waals surface area contributed by atoms with Gasteiger partial charge in [-0.1, -0.05) is 57.5 Å². The zero-order valence-corrected chi connectivity index (χ0v) is 26.3. The topological polar surface area (TPSA) is 133 Å². The van der Waals surface area contributed by atoms with E-state index < -0.39 is 27.9 Å². The van der Waals surface area contributed by atoms with Gasteiger partial charge in [-0.05, 0) is 43.4 Å². The van der Waals surface area contributed by atoms with Gasteiger partial charge < -0.3 is 15.3 Å². The lowest BCUT2D eigenvalue weighted by Crippen LogP contribution is -2.40. The second-order valence-corrected chi connectivity index (χ2v) is 12.7. The maximum Gasteiger partial charge on any atom is 0.264 e. The molecule has 0 heterocycles. The van der Waals surface area contributed by atoms with Crippen molar-refractivity contribution in [3.05, 3.63) is 53.8 Å². The van der Waals surface area contributed by atoms with Crippen LogP contribution in [0.3, 0.4) is 0 Å². The van der Waals surface area contributed by atoms with E-state index in [9.17, 15) is 27.9 Å². The number of carbonyl (C=O) groups is 3. The zero-order valence-electron chi connectivity index (χ0n) is 24.6. The molecule has 0 aliphatic carbocycles. The molecule has 3 amide bonds. The number of halogens is 1. The van der Waals surface area contributed by atoms with Crippen molar-refractivity contribution in [3.8, 4) is 11.1 Å². The summed E-state index contributed by atoms with van der Waals surface area (Å²) in [4.78, 5) is 38.7. The number of rotatable bonds is 16. The highest BCUT2D eigenvalue weighted by Gasteiger charge is 2.25. The van der Waals surface area contributed by atoms with E-state index >= 15 is 4.39 Å². The number of amides is 3. The highest BCUT2D eigenvalue weighted by molar-refractivity contribution is 7.90. The molecule has 0 fully saturated rings. The summed E-state index contributed by atoms with van der Waals surface area (Å²) in [7, 11) is -4.35. The molecule has 0 unspecified atom stereocenters. The van der Waals surface area contributed by atoms with Crippen LogP contribution in [0, 0.1) is 17.7 Å². The number of unbranched alkanes of at least 4 members (excludes halogenated alkanes) is 1. The van der Waals surface area contributed by atoms with Crippen molar-refractivity contribution in [3.63, 3.8) is 0 Å². The highest BCUT2D eigenvalue weighted by atomic mass is 32.2. The van der Waals surface area contributed by atoms with Gasteiger partial charge in [-0.25, -0.2) is 17.5 Å². The largest absolute Gasteiger partial charge is 0.384 e. The number of hydrogen-bond donors (Lipinski definition) is 4. The molecule has 2 atom stereocenters. The molecule has 0 saturated heterocycles. The molecular weight excluding hydrogens is 581 g/mol. The van der Waals surface area contributed by atoms with Crippen molar-refractivity contribution in [1.82, 2.24) is 14.9 Å². The Balaban J connectivity index is 2.26. The maximum absolute atomic E-state index is 15.4. The van der Waals surface area contributed by atoms with Crippen LogP contribution >= 0.6 is 12.6 Å². The van der Waals surface area contributed by atoms with Gasteiger partial charge in [0.2, 0.25) is 11.8 Å². The molecule has 0 radical (unpaired) electrons. The van der Waals surface area contributed by atoms with E-state index in [1.807, 2.05) is 25.5 Å². The third-order valence-electron chi connectivity index (χ3n) is 6.64. The number of aliphatic hydroxyl groups excluding tert-OH is 1. The summed E-state index contributed by atoms with van der Waals surface area (Å²) in [6.45, 7) is 7.55. The molecule has 2 rings (SSSR count). The molecule has 0 bridgehead atoms. The summed E-state index contributed by atoms with van der Waals surface area (Å²) in [6, 6.07) is 10.0. The van der Waals surface area contributed by atoms with E-state index in [-0.39, 0.29) is 59.0 Å². The molecule has 0 aliphatic heterocycles. The second kappa shape index (κ2) is 16.6. The van der Waals surface area contributed by atoms with E-state index in [1.165, 1.54) is 35.2 Å². The van der Waals surface area contributed by atoms with Crippen LogP contribution in [0.15, 0.2) is 47.4 Å². The van der Waals surface area contributed by atoms with Gasteiger partial charge in [0.1, 0.15) is 11.9 Å². The minimum absolute atomic E-state index is 0.0308. The molecular formula is C30H42FN3O6S2. The minimum Gasteiger partial charge on any atom is -0.384 e. The number of benzene rings is 2. The molecule has 0 aliphatic rings. The molecule has 9 nitrogen and oxygen atoms in total. The van der Waals surface area contributed by atoms with Crippen molar-refractivity contribution in [2.24, 2.45) is 11.8 Å². The van der Waals surface area contributed by atoms with Crippen LogP contribution in [-0.2, 0) is 31.0 Å². The van der Waals surface area contributed by atoms with E-state index in [4.69, 9.17) is 0 Å². The summed E-state index contributed by atoms with van der Waals surface area (Å²) >= 11 is 4.29. The molecule has 42 heavy (non-hydrogen) atoms. The van der Waals surface area contributed by atoms with E-state index in [1.54, 1.807) is 12.1 Å². The number of nitrogens with zero attached hydrogens (tertiary/aromatic N) is 1. The highest BCUT2D eigenvalue weighted by Crippen LogP contribution is 2.29. The first-order valence-electron chi connectivity index (χ1n) is 14.1. The van der Waals surface area contributed by atoms with Crippen LogP contribution in [-0.4, -0.2) is 61.1 Å². The van der Waals surface area contributed by atoms with Gasteiger partial charge in [0.05, 0.1) is 4.90 Å². The van der Waals surface area contributed by atoms with Gasteiger partial charge in [-0.3, -0.25) is 14.4 Å². The summed E-state index contributed by atoms with van der Waals surface area (Å²) in [5, 5.41) is 12.3. The number of thiol groups is 1. The average molecular weight is 624 g/mol. The summed E-state index contributed by atoms with van der Waals surface area (Å²) in [6.07, 6.45) is 0.946. The number of aliphatic hydroxyl groups is 1. The van der Waals surface area contributed by atoms with E-state index in [0.29, 0.717) is 30.9 Å². The number of nitrogens with one attached hydrogen (secondary N) is 2. The van der Waals surface area contributed by atoms with Gasteiger partial charge in [-0.2, -0.15) is 12.6 Å². The Morgan fingerprint density at radius 3 is 2.36 bits per heavy atom. The number of carbonyl (C=O) groups excluding carboxylic acids is 3. The fourth-order valence-electron chi connectivity index (χ4n) is 4.33. The predicted molar refractivity (Wildman–Crippen MR) is 164 cm³/mol. The van der Waals surface area contributed by atoms with Crippen LogP contribution in [0.2, 0.25) is 0 Å². The Morgan fingerprint density at radius 1 is 1.07 bits per heavy atom. The lowest BCUT2D eigenvalue weighted by Gasteiger charge is -2.24. The molecule has 3 N–H and O–H groups in total. The van der Waals surface area contributed by atoms with Crippen molar-refractivity contribution >= 4 is 40.4 Å². The Morgan fingerprint density at radius 2 is 1.76 bits per heavy atom. The van der Waals surface area contributed by atoms with Gasteiger partial charge in [0.25, 0.3) is 15.9 Å². The lowest BCUT2D eigenvalue weighted by atomic mass is 9.98.